The van der Waals surface area contributed by atoms with Crippen molar-refractivity contribution in [2.45, 2.75) is 20.8 Å². The van der Waals surface area contributed by atoms with Gasteiger partial charge >= 0.3 is 200 Å². The molecule has 0 fully saturated rings. The fraction of sp³-hybridized carbons (Fsp3) is 0.0526. The second kappa shape index (κ2) is 47.9. The van der Waals surface area contributed by atoms with Gasteiger partial charge in [0.2, 0.25) is 44.1 Å². The fourth-order valence-electron chi connectivity index (χ4n) is 9.90. The van der Waals surface area contributed by atoms with Gasteiger partial charge in [0, 0.05) is 86.7 Å². The molecule has 0 radical (unpaired) electrons. The third kappa shape index (κ3) is 26.0. The number of ether oxygens (including phenoxy) is 1. The standard InChI is InChI=1S/C11H11NO.C10H9NO2.C10H9NO.C9H5Cl2NO.C9H6ClNO.3C9H7NO.K.6Li.Na/c1-7-6-8(2)11(13)10-9(7)4-3-5-12-10;1-13-9-6-5-7-3-2-4-8(12)10(7)11-9;1-7-5-6-8-3-2-4-9(12)10(8)11-7;10-6-4-7(11)9(13)8-5(6)2-1-3-12-8;10-7-3-4-8(12)9-6(7)2-1-5-11-9;3*11-8-5-1-3-7-4-2-6-10-9(7)8;;;;;;;;/h3-6,13H,1-2H3;2-6,12H,1H3;2-6,12H,1H3;1-4,13H;1-5,12H;3*1-6,11H;;;;;;;;/q;;;;;;;;8*+1. The molecule has 0 saturated heterocycles. The number of hydrogen-bond acceptors (Lipinski definition) is 9. The van der Waals surface area contributed by atoms with Crippen LogP contribution < -0.4 is 280 Å². The first-order valence-electron chi connectivity index (χ1n) is 29.6. The number of aromatic amines is 8. The van der Waals surface area contributed by atoms with E-state index in [1.54, 1.807) is 123 Å². The van der Waals surface area contributed by atoms with E-state index in [1.807, 2.05) is 136 Å². The van der Waals surface area contributed by atoms with E-state index >= 15 is 0 Å². The van der Waals surface area contributed by atoms with Crippen molar-refractivity contribution in [3.8, 4) is 51.9 Å². The number of fused-ring (bicyclic) bond motifs is 8. The van der Waals surface area contributed by atoms with E-state index in [0.29, 0.717) is 65.4 Å². The average molecular weight is 1440 g/mol. The van der Waals surface area contributed by atoms with Crippen molar-refractivity contribution in [1.29, 1.82) is 0 Å². The molecule has 16 aromatic rings. The topological polar surface area (TPSA) is 307 Å². The van der Waals surface area contributed by atoms with Gasteiger partial charge in [-0.3, -0.25) is 0 Å². The Kier molecular flexibility index (Phi) is 44.4. The summed E-state index contributed by atoms with van der Waals surface area (Å²) in [6, 6.07) is 62.5. The van der Waals surface area contributed by atoms with Crippen molar-refractivity contribution in [2.24, 2.45) is 0 Å². The number of pyridine rings is 8. The van der Waals surface area contributed by atoms with E-state index in [-0.39, 0.29) is 245 Å². The Labute approximate surface area is 752 Å². The van der Waals surface area contributed by atoms with Gasteiger partial charge in [0.05, 0.1) is 34.0 Å². The third-order valence-electron chi connectivity index (χ3n) is 14.7. The van der Waals surface area contributed by atoms with Gasteiger partial charge in [-0.25, -0.2) is 34.9 Å². The molecule has 0 aliphatic carbocycles. The van der Waals surface area contributed by atoms with Crippen LogP contribution in [0.15, 0.2) is 250 Å². The van der Waals surface area contributed by atoms with Crippen molar-refractivity contribution >= 4 is 122 Å². The molecule has 0 bridgehead atoms. The first kappa shape index (κ1) is 96.3. The van der Waals surface area contributed by atoms with E-state index < -0.39 is 0 Å². The molecule has 8 aromatic carbocycles. The van der Waals surface area contributed by atoms with Gasteiger partial charge in [0.25, 0.3) is 0 Å². The largest absolute Gasteiger partial charge is 1.00 e. The fourth-order valence-corrected chi connectivity index (χ4v) is 10.6. The predicted molar refractivity (Wildman–Crippen MR) is 355 cm³/mol. The van der Waals surface area contributed by atoms with E-state index in [4.69, 9.17) is 39.5 Å². The van der Waals surface area contributed by atoms with Crippen LogP contribution in [-0.4, -0.2) is 7.11 Å². The summed E-state index contributed by atoms with van der Waals surface area (Å²) in [6.07, 6.45) is 10.4. The number of rotatable bonds is 1. The number of halogens is 3. The number of benzene rings is 8. The Hall–Kier alpha value is -5.67. The maximum Gasteiger partial charge on any atom is 1.00 e. The first-order chi connectivity index (χ1) is 46.4. The van der Waals surface area contributed by atoms with Crippen molar-refractivity contribution in [3.05, 3.63) is 281 Å². The number of methoxy groups -OCH3 is 1. The SMILES string of the molecule is COc1ccc2cccc([O-])c2[nH+]1.Cc1cc(C)c2ccc[nH+]c2c1[O-].Cc1ccc2cccc([O-])c2[nH+]1.[K+].[Li+].[Li+].[Li+].[Li+].[Li+].[Li+].[Na+].[O-]c1c(Cl)cc(Cl)c2ccc[nH+]c12.[O-]c1ccc(Cl)c2ccc[nH+]c12.[O-]c1cccc2ccc[nH+]c12.[O-]c1cccc2ccc[nH+]c12.[O-]c1cccc2ccc[nH+]c12. The van der Waals surface area contributed by atoms with Crippen LogP contribution in [0.4, 0.5) is 0 Å². The summed E-state index contributed by atoms with van der Waals surface area (Å²) >= 11 is 17.4. The van der Waals surface area contributed by atoms with Crippen LogP contribution in [0.5, 0.6) is 51.9 Å². The zero-order valence-corrected chi connectivity index (χ0v) is 67.4. The third-order valence-corrected chi connectivity index (χ3v) is 15.6. The summed E-state index contributed by atoms with van der Waals surface area (Å²) in [7, 11) is 1.56. The Morgan fingerprint density at radius 1 is 0.288 bits per heavy atom. The van der Waals surface area contributed by atoms with Gasteiger partial charge in [-0.15, -0.1) is 0 Å². The van der Waals surface area contributed by atoms with Gasteiger partial charge in [-0.1, -0.05) is 113 Å². The number of para-hydroxylation sites is 5. The summed E-state index contributed by atoms with van der Waals surface area (Å²) in [5.41, 5.74) is 7.96. The monoisotopic (exact) mass is 1440 g/mol. The molecular weight excluding hydrogens is 1380 g/mol. The van der Waals surface area contributed by atoms with Crippen molar-refractivity contribution in [3.63, 3.8) is 0 Å². The molecule has 17 nitrogen and oxygen atoms in total. The maximum absolute atomic E-state index is 11.6. The molecule has 16 rings (SSSR count). The first-order valence-corrected chi connectivity index (χ1v) is 30.8. The number of hydrogen-bond donors (Lipinski definition) is 0. The Morgan fingerprint density at radius 3 is 1.03 bits per heavy atom. The molecule has 480 valence electrons. The van der Waals surface area contributed by atoms with Gasteiger partial charge in [0.15, 0.2) is 42.9 Å². The average Bonchev–Trinajstić information content (AvgIpc) is 0.806. The van der Waals surface area contributed by atoms with E-state index in [1.165, 1.54) is 18.2 Å². The summed E-state index contributed by atoms with van der Waals surface area (Å²) in [6.45, 7) is 5.80. The molecule has 8 heterocycles. The molecule has 0 aliphatic rings. The second-order valence-corrected chi connectivity index (χ2v) is 22.4. The molecule has 28 heteroatoms. The number of aryl methyl sites for hydroxylation is 3. The Bertz CT molecular complexity index is 5080. The smallest absolute Gasteiger partial charge is 0.868 e. The van der Waals surface area contributed by atoms with E-state index in [9.17, 15) is 40.9 Å². The molecule has 8 N–H and O–H groups in total. The van der Waals surface area contributed by atoms with Gasteiger partial charge < -0.3 is 45.6 Å². The van der Waals surface area contributed by atoms with Gasteiger partial charge in [0.1, 0.15) is 0 Å². The summed E-state index contributed by atoms with van der Waals surface area (Å²) < 4.78 is 4.98. The molecule has 0 saturated carbocycles. The van der Waals surface area contributed by atoms with Crippen LogP contribution in [0.1, 0.15) is 16.8 Å². The molecule has 104 heavy (non-hydrogen) atoms. The minimum absolute atomic E-state index is 0. The van der Waals surface area contributed by atoms with Crippen molar-refractivity contribution in [1.82, 2.24) is 0 Å². The Morgan fingerprint density at radius 2 is 0.615 bits per heavy atom. The van der Waals surface area contributed by atoms with Crippen LogP contribution >= 0.6 is 34.8 Å². The second-order valence-electron chi connectivity index (χ2n) is 21.2. The quantitative estimate of drug-likeness (QED) is 0.141. The molecule has 8 aromatic heterocycles. The molecule has 0 spiro atoms. The Balaban J connectivity index is 0.000000588. The zero-order chi connectivity index (χ0) is 68.3. The molecule has 0 aliphatic heterocycles. The van der Waals surface area contributed by atoms with Gasteiger partial charge in [-0.05, 0) is 156 Å². The molecule has 0 atom stereocenters. The minimum Gasteiger partial charge on any atom is -0.868 e. The molecule has 0 unspecified atom stereocenters. The number of aromatic nitrogens is 8. The number of nitrogens with one attached hydrogen (secondary N) is 8. The van der Waals surface area contributed by atoms with Crippen LogP contribution in [-0.2, 0) is 0 Å². The van der Waals surface area contributed by atoms with Crippen molar-refractivity contribution < 1.29 is 280 Å². The summed E-state index contributed by atoms with van der Waals surface area (Å²) in [5.74, 6) is 0.607. The number of H-pyrrole nitrogens is 8. The van der Waals surface area contributed by atoms with Gasteiger partial charge in [-0.2, -0.15) is 4.98 Å². The van der Waals surface area contributed by atoms with Crippen LogP contribution in [0.2, 0.25) is 15.1 Å². The summed E-state index contributed by atoms with van der Waals surface area (Å²) in [4.78, 5) is 23.3. The van der Waals surface area contributed by atoms with Crippen LogP contribution in [0.3, 0.4) is 0 Å². The summed E-state index contributed by atoms with van der Waals surface area (Å²) in [5, 5.41) is 98.9. The minimum atomic E-state index is -0.221. The predicted octanol–water partition coefficient (Wildman–Crippen LogP) is -15.3. The van der Waals surface area contributed by atoms with E-state index in [2.05, 4.69) is 39.9 Å². The zero-order valence-electron chi connectivity index (χ0n) is 60.0. The normalized spacial score (nSPS) is 9.57. The van der Waals surface area contributed by atoms with Crippen LogP contribution in [0, 0.1) is 20.8 Å². The maximum atomic E-state index is 11.6. The molecular formula is C76H61Cl3KLi6N8NaO9+8. The molecule has 0 amide bonds. The van der Waals surface area contributed by atoms with E-state index in [0.717, 1.165) is 54.5 Å². The van der Waals surface area contributed by atoms with Crippen LogP contribution in [0.25, 0.3) is 87.2 Å². The van der Waals surface area contributed by atoms with Crippen molar-refractivity contribution in [2.75, 3.05) is 7.11 Å².